The van der Waals surface area contributed by atoms with Gasteiger partial charge in [-0.25, -0.2) is 19.3 Å². The zero-order valence-corrected chi connectivity index (χ0v) is 14.8. The molecule has 4 aromatic rings. The van der Waals surface area contributed by atoms with E-state index in [0.717, 1.165) is 16.6 Å². The van der Waals surface area contributed by atoms with Crippen LogP contribution in [-0.4, -0.2) is 19.5 Å². The molecule has 134 valence electrons. The van der Waals surface area contributed by atoms with E-state index in [1.54, 1.807) is 12.3 Å². The maximum Gasteiger partial charge on any atom is 0.161 e. The molecule has 0 aliphatic heterocycles. The van der Waals surface area contributed by atoms with Gasteiger partial charge in [0.25, 0.3) is 0 Å². The summed E-state index contributed by atoms with van der Waals surface area (Å²) in [5.74, 6) is 1.19. The number of hydrogen-bond acceptors (Lipinski definition) is 3. The summed E-state index contributed by atoms with van der Waals surface area (Å²) in [6.07, 6.45) is 10.8. The lowest BCUT2D eigenvalue weighted by molar-refractivity contribution is 0.596. The van der Waals surface area contributed by atoms with Gasteiger partial charge in [0, 0.05) is 42.3 Å². The Morgan fingerprint density at radius 2 is 1.81 bits per heavy atom. The molecule has 5 rings (SSSR count). The third-order valence-electron chi connectivity index (χ3n) is 5.18. The first kappa shape index (κ1) is 16.1. The zero-order valence-electron chi connectivity index (χ0n) is 14.8. The van der Waals surface area contributed by atoms with Gasteiger partial charge < -0.3 is 4.57 Å². The molecule has 5 heteroatoms. The van der Waals surface area contributed by atoms with E-state index in [0.29, 0.717) is 30.3 Å². The van der Waals surface area contributed by atoms with E-state index >= 15 is 0 Å². The van der Waals surface area contributed by atoms with E-state index in [1.807, 2.05) is 42.9 Å². The van der Waals surface area contributed by atoms with Crippen molar-refractivity contribution in [1.82, 2.24) is 19.5 Å². The van der Waals surface area contributed by atoms with Crippen molar-refractivity contribution >= 4 is 11.0 Å². The Hall–Kier alpha value is -3.08. The minimum absolute atomic E-state index is 0.166. The van der Waals surface area contributed by atoms with E-state index in [9.17, 15) is 4.39 Å². The number of hydrogen-bond donors (Lipinski definition) is 0. The first-order valence-corrected chi connectivity index (χ1v) is 9.29. The fourth-order valence-electron chi connectivity index (χ4n) is 3.52. The summed E-state index contributed by atoms with van der Waals surface area (Å²) in [6.45, 7) is 0.647. The van der Waals surface area contributed by atoms with Crippen molar-refractivity contribution in [2.75, 3.05) is 0 Å². The summed E-state index contributed by atoms with van der Waals surface area (Å²) in [5.41, 5.74) is 3.77. The second kappa shape index (κ2) is 6.58. The van der Waals surface area contributed by atoms with Gasteiger partial charge in [0.1, 0.15) is 11.5 Å². The predicted molar refractivity (Wildman–Crippen MR) is 103 cm³/mol. The number of fused-ring (bicyclic) bond motifs is 1. The lowest BCUT2D eigenvalue weighted by Gasteiger charge is -2.05. The Morgan fingerprint density at radius 1 is 1.00 bits per heavy atom. The summed E-state index contributed by atoms with van der Waals surface area (Å²) in [5, 5.41) is 1.02. The van der Waals surface area contributed by atoms with Crippen molar-refractivity contribution in [3.05, 3.63) is 78.1 Å². The molecule has 3 heterocycles. The van der Waals surface area contributed by atoms with E-state index in [1.165, 1.54) is 24.5 Å². The topological polar surface area (TPSA) is 43.6 Å². The van der Waals surface area contributed by atoms with Gasteiger partial charge >= 0.3 is 0 Å². The number of aromatic nitrogens is 4. The number of nitrogens with zero attached hydrogens (tertiary/aromatic N) is 4. The van der Waals surface area contributed by atoms with Gasteiger partial charge in [0.2, 0.25) is 0 Å². The highest BCUT2D eigenvalue weighted by Gasteiger charge is 2.24. The monoisotopic (exact) mass is 358 g/mol. The minimum atomic E-state index is -0.166. The molecule has 0 saturated heterocycles. The van der Waals surface area contributed by atoms with Gasteiger partial charge in [0.15, 0.2) is 5.82 Å². The molecule has 0 unspecified atom stereocenters. The highest BCUT2D eigenvalue weighted by Crippen LogP contribution is 2.39. The number of aryl methyl sites for hydroxylation is 2. The largest absolute Gasteiger partial charge is 0.331 e. The SMILES string of the molecule is Fc1ccccc1CCn1cc(-c2ncc(C3CC3)cn2)c2cccnc21. The molecule has 1 aromatic carbocycles. The highest BCUT2D eigenvalue weighted by molar-refractivity contribution is 5.92. The maximum absolute atomic E-state index is 13.9. The normalized spacial score (nSPS) is 14.0. The molecule has 0 amide bonds. The lowest BCUT2D eigenvalue weighted by Crippen LogP contribution is -2.02. The molecular weight excluding hydrogens is 339 g/mol. The van der Waals surface area contributed by atoms with Crippen molar-refractivity contribution < 1.29 is 4.39 Å². The number of rotatable bonds is 5. The van der Waals surface area contributed by atoms with Crippen molar-refractivity contribution in [1.29, 1.82) is 0 Å². The number of benzene rings is 1. The van der Waals surface area contributed by atoms with Crippen LogP contribution >= 0.6 is 0 Å². The summed E-state index contributed by atoms with van der Waals surface area (Å²) in [6, 6.07) is 10.9. The Balaban J connectivity index is 1.49. The van der Waals surface area contributed by atoms with Crippen LogP contribution in [0.2, 0.25) is 0 Å². The van der Waals surface area contributed by atoms with Gasteiger partial charge in [-0.2, -0.15) is 0 Å². The van der Waals surface area contributed by atoms with Crippen molar-refractivity contribution in [2.45, 2.75) is 31.7 Å². The number of pyridine rings is 1. The van der Waals surface area contributed by atoms with Crippen LogP contribution in [0, 0.1) is 5.82 Å². The smallest absolute Gasteiger partial charge is 0.161 e. The fraction of sp³-hybridized carbons (Fsp3) is 0.227. The molecule has 0 spiro atoms. The van der Waals surface area contributed by atoms with Crippen molar-refractivity contribution in [3.63, 3.8) is 0 Å². The quantitative estimate of drug-likeness (QED) is 0.517. The Bertz CT molecular complexity index is 1100. The van der Waals surface area contributed by atoms with E-state index < -0.39 is 0 Å². The van der Waals surface area contributed by atoms with Crippen LogP contribution < -0.4 is 0 Å². The van der Waals surface area contributed by atoms with Crippen LogP contribution in [0.3, 0.4) is 0 Å². The van der Waals surface area contributed by atoms with Crippen LogP contribution in [0.25, 0.3) is 22.4 Å². The van der Waals surface area contributed by atoms with Gasteiger partial charge in [-0.15, -0.1) is 0 Å². The summed E-state index contributed by atoms with van der Waals surface area (Å²) < 4.78 is 16.0. The first-order valence-electron chi connectivity index (χ1n) is 9.29. The third kappa shape index (κ3) is 3.10. The molecule has 0 atom stereocenters. The average Bonchev–Trinajstić information content (AvgIpc) is 3.50. The van der Waals surface area contributed by atoms with Crippen LogP contribution in [0.15, 0.2) is 61.2 Å². The van der Waals surface area contributed by atoms with E-state index in [4.69, 9.17) is 0 Å². The Morgan fingerprint density at radius 3 is 2.59 bits per heavy atom. The molecule has 1 saturated carbocycles. The zero-order chi connectivity index (χ0) is 18.2. The van der Waals surface area contributed by atoms with Crippen LogP contribution in [0.1, 0.15) is 29.9 Å². The van der Waals surface area contributed by atoms with Crippen LogP contribution in [0.4, 0.5) is 4.39 Å². The second-order valence-corrected chi connectivity index (χ2v) is 7.07. The maximum atomic E-state index is 13.9. The third-order valence-corrected chi connectivity index (χ3v) is 5.18. The Kier molecular flexibility index (Phi) is 3.93. The second-order valence-electron chi connectivity index (χ2n) is 7.07. The molecule has 1 aliphatic rings. The molecule has 4 nitrogen and oxygen atoms in total. The van der Waals surface area contributed by atoms with Crippen molar-refractivity contribution in [2.24, 2.45) is 0 Å². The molecule has 0 bridgehead atoms. The fourth-order valence-corrected chi connectivity index (χ4v) is 3.52. The van der Waals surface area contributed by atoms with Gasteiger partial charge in [-0.1, -0.05) is 18.2 Å². The molecule has 0 N–H and O–H groups in total. The highest BCUT2D eigenvalue weighted by atomic mass is 19.1. The lowest BCUT2D eigenvalue weighted by atomic mass is 10.1. The Labute approximate surface area is 156 Å². The van der Waals surface area contributed by atoms with E-state index in [-0.39, 0.29) is 5.82 Å². The summed E-state index contributed by atoms with van der Waals surface area (Å²) in [7, 11) is 0. The van der Waals surface area contributed by atoms with Crippen molar-refractivity contribution in [3.8, 4) is 11.4 Å². The minimum Gasteiger partial charge on any atom is -0.331 e. The summed E-state index contributed by atoms with van der Waals surface area (Å²) >= 11 is 0. The molecule has 27 heavy (non-hydrogen) atoms. The van der Waals surface area contributed by atoms with Crippen LogP contribution in [-0.2, 0) is 13.0 Å². The number of halogens is 1. The van der Waals surface area contributed by atoms with Crippen LogP contribution in [0.5, 0.6) is 0 Å². The average molecular weight is 358 g/mol. The molecular formula is C22H19FN4. The molecule has 1 aliphatic carbocycles. The van der Waals surface area contributed by atoms with Gasteiger partial charge in [-0.05, 0) is 54.5 Å². The molecule has 1 fully saturated rings. The predicted octanol–water partition coefficient (Wildman–Crippen LogP) is 4.75. The molecule has 3 aromatic heterocycles. The van der Waals surface area contributed by atoms with E-state index in [2.05, 4.69) is 19.5 Å². The summed E-state index contributed by atoms with van der Waals surface area (Å²) in [4.78, 5) is 13.7. The van der Waals surface area contributed by atoms with Gasteiger partial charge in [0.05, 0.1) is 0 Å². The first-order chi connectivity index (χ1) is 13.3. The van der Waals surface area contributed by atoms with Gasteiger partial charge in [-0.3, -0.25) is 0 Å². The standard InChI is InChI=1S/C22H19FN4/c23-20-6-2-1-4-16(20)9-11-27-14-19(18-5-3-10-24-22(18)27)21-25-12-17(13-26-21)15-7-8-15/h1-6,10,12-15H,7-9,11H2. The molecule has 0 radical (unpaired) electrons.